The summed E-state index contributed by atoms with van der Waals surface area (Å²) in [6.45, 7) is 5.26. The first-order valence-electron chi connectivity index (χ1n) is 8.42. The molecule has 0 aliphatic carbocycles. The molecular formula is C17H25N3O5S. The fraction of sp³-hybridized carbons (Fsp3) is 0.529. The number of benzene rings is 1. The number of carbonyl (C=O) groups excluding carboxylic acids is 2. The van der Waals surface area contributed by atoms with Gasteiger partial charge in [0.1, 0.15) is 10.6 Å². The summed E-state index contributed by atoms with van der Waals surface area (Å²) in [4.78, 5) is 26.9. The summed E-state index contributed by atoms with van der Waals surface area (Å²) in [5.41, 5.74) is 0.797. The van der Waals surface area contributed by atoms with E-state index in [9.17, 15) is 18.0 Å². The Morgan fingerprint density at radius 2 is 1.77 bits per heavy atom. The number of nitrogens with zero attached hydrogens (tertiary/aromatic N) is 2. The second-order valence-electron chi connectivity index (χ2n) is 6.19. The van der Waals surface area contributed by atoms with Crippen LogP contribution in [-0.4, -0.2) is 69.9 Å². The lowest BCUT2D eigenvalue weighted by molar-refractivity contribution is -0.138. The Kier molecular flexibility index (Phi) is 6.60. The number of piperazine rings is 1. The molecule has 1 aliphatic heterocycles. The molecule has 0 unspecified atom stereocenters. The van der Waals surface area contributed by atoms with Crippen molar-refractivity contribution in [2.45, 2.75) is 25.2 Å². The predicted octanol–water partition coefficient (Wildman–Crippen LogP) is 0.363. The van der Waals surface area contributed by atoms with Crippen molar-refractivity contribution in [2.75, 3.05) is 39.8 Å². The van der Waals surface area contributed by atoms with Gasteiger partial charge in [0.2, 0.25) is 21.8 Å². The molecule has 144 valence electrons. The van der Waals surface area contributed by atoms with E-state index in [1.807, 2.05) is 0 Å². The molecule has 2 amide bonds. The highest BCUT2D eigenvalue weighted by Gasteiger charge is 2.23. The predicted molar refractivity (Wildman–Crippen MR) is 96.4 cm³/mol. The van der Waals surface area contributed by atoms with Crippen LogP contribution in [0.4, 0.5) is 0 Å². The van der Waals surface area contributed by atoms with Crippen LogP contribution in [0, 0.1) is 6.92 Å². The van der Waals surface area contributed by atoms with Gasteiger partial charge >= 0.3 is 0 Å². The third-order valence-corrected chi connectivity index (χ3v) is 5.80. The minimum absolute atomic E-state index is 0.00281. The van der Waals surface area contributed by atoms with Gasteiger partial charge in [-0.15, -0.1) is 0 Å². The smallest absolute Gasteiger partial charge is 0.244 e. The number of sulfonamides is 1. The molecule has 0 atom stereocenters. The van der Waals surface area contributed by atoms with Gasteiger partial charge in [-0.25, -0.2) is 13.1 Å². The molecule has 0 radical (unpaired) electrons. The zero-order valence-electron chi connectivity index (χ0n) is 15.3. The fourth-order valence-corrected chi connectivity index (χ4v) is 4.08. The standard InChI is InChI=1S/C17H25N3O5S/c1-13-4-5-15(25-3)16(12-13)26(23,24)18-7-6-17(22)20-10-8-19(9-11-20)14(2)21/h4-5,12,18H,6-11H2,1-3H3. The highest BCUT2D eigenvalue weighted by molar-refractivity contribution is 7.89. The minimum Gasteiger partial charge on any atom is -0.495 e. The monoisotopic (exact) mass is 383 g/mol. The van der Waals surface area contributed by atoms with E-state index in [-0.39, 0.29) is 35.4 Å². The van der Waals surface area contributed by atoms with Crippen molar-refractivity contribution in [3.63, 3.8) is 0 Å². The Labute approximate surface area is 154 Å². The maximum absolute atomic E-state index is 12.5. The van der Waals surface area contributed by atoms with Crippen LogP contribution in [0.3, 0.4) is 0 Å². The van der Waals surface area contributed by atoms with E-state index in [0.29, 0.717) is 26.2 Å². The quantitative estimate of drug-likeness (QED) is 0.765. The number of hydrogen-bond donors (Lipinski definition) is 1. The molecule has 1 aromatic rings. The summed E-state index contributed by atoms with van der Waals surface area (Å²) in [6, 6.07) is 4.90. The molecule has 0 bridgehead atoms. The lowest BCUT2D eigenvalue weighted by atomic mass is 10.2. The van der Waals surface area contributed by atoms with Crippen LogP contribution in [0.5, 0.6) is 5.75 Å². The van der Waals surface area contributed by atoms with E-state index < -0.39 is 10.0 Å². The maximum atomic E-state index is 12.5. The molecule has 1 aliphatic rings. The number of aryl methyl sites for hydroxylation is 1. The molecule has 0 saturated carbocycles. The van der Waals surface area contributed by atoms with Gasteiger partial charge in [0.25, 0.3) is 0 Å². The lowest BCUT2D eigenvalue weighted by Gasteiger charge is -2.34. The van der Waals surface area contributed by atoms with Gasteiger partial charge in [0, 0.05) is 46.1 Å². The SMILES string of the molecule is COc1ccc(C)cc1S(=O)(=O)NCCC(=O)N1CCN(C(C)=O)CC1. The normalized spacial score (nSPS) is 15.0. The van der Waals surface area contributed by atoms with Gasteiger partial charge in [0.05, 0.1) is 7.11 Å². The zero-order chi connectivity index (χ0) is 19.3. The highest BCUT2D eigenvalue weighted by Crippen LogP contribution is 2.24. The lowest BCUT2D eigenvalue weighted by Crippen LogP contribution is -2.50. The average Bonchev–Trinajstić information content (AvgIpc) is 2.61. The number of ether oxygens (including phenoxy) is 1. The second kappa shape index (κ2) is 8.50. The van der Waals surface area contributed by atoms with Crippen LogP contribution >= 0.6 is 0 Å². The van der Waals surface area contributed by atoms with E-state index in [0.717, 1.165) is 5.56 Å². The highest BCUT2D eigenvalue weighted by atomic mass is 32.2. The molecule has 8 nitrogen and oxygen atoms in total. The molecule has 1 aromatic carbocycles. The molecule has 1 fully saturated rings. The molecular weight excluding hydrogens is 358 g/mol. The third-order valence-electron chi connectivity index (χ3n) is 4.32. The van der Waals surface area contributed by atoms with Crippen LogP contribution in [0.25, 0.3) is 0 Å². The number of nitrogens with one attached hydrogen (secondary N) is 1. The molecule has 1 N–H and O–H groups in total. The van der Waals surface area contributed by atoms with Crippen molar-refractivity contribution in [1.29, 1.82) is 0 Å². The summed E-state index contributed by atoms with van der Waals surface area (Å²) >= 11 is 0. The number of amides is 2. The Balaban J connectivity index is 1.90. The average molecular weight is 383 g/mol. The van der Waals surface area contributed by atoms with E-state index in [4.69, 9.17) is 4.74 Å². The Hall–Kier alpha value is -2.13. The first-order chi connectivity index (χ1) is 12.2. The van der Waals surface area contributed by atoms with Gasteiger partial charge < -0.3 is 14.5 Å². The number of methoxy groups -OCH3 is 1. The number of hydrogen-bond acceptors (Lipinski definition) is 5. The summed E-state index contributed by atoms with van der Waals surface area (Å²) in [5, 5.41) is 0. The van der Waals surface area contributed by atoms with E-state index in [1.165, 1.54) is 20.1 Å². The van der Waals surface area contributed by atoms with Crippen molar-refractivity contribution in [1.82, 2.24) is 14.5 Å². The van der Waals surface area contributed by atoms with E-state index in [1.54, 1.807) is 28.9 Å². The van der Waals surface area contributed by atoms with Gasteiger partial charge in [0.15, 0.2) is 0 Å². The van der Waals surface area contributed by atoms with E-state index in [2.05, 4.69) is 4.72 Å². The molecule has 1 saturated heterocycles. The molecule has 2 rings (SSSR count). The maximum Gasteiger partial charge on any atom is 0.244 e. The van der Waals surface area contributed by atoms with Crippen molar-refractivity contribution < 1.29 is 22.7 Å². The van der Waals surface area contributed by atoms with Gasteiger partial charge in [-0.1, -0.05) is 6.07 Å². The van der Waals surface area contributed by atoms with Crippen molar-refractivity contribution in [3.8, 4) is 5.75 Å². The van der Waals surface area contributed by atoms with Crippen molar-refractivity contribution in [2.24, 2.45) is 0 Å². The van der Waals surface area contributed by atoms with Crippen molar-refractivity contribution >= 4 is 21.8 Å². The zero-order valence-corrected chi connectivity index (χ0v) is 16.1. The third kappa shape index (κ3) is 4.95. The molecule has 1 heterocycles. The summed E-state index contributed by atoms with van der Waals surface area (Å²) in [6.07, 6.45) is 0.0629. The topological polar surface area (TPSA) is 96.0 Å². The van der Waals surface area contributed by atoms with Gasteiger partial charge in [-0.2, -0.15) is 0 Å². The van der Waals surface area contributed by atoms with Crippen LogP contribution in [0.15, 0.2) is 23.1 Å². The summed E-state index contributed by atoms with van der Waals surface area (Å²) in [7, 11) is -2.36. The number of carbonyl (C=O) groups is 2. The minimum atomic E-state index is -3.77. The Morgan fingerprint density at radius 3 is 2.35 bits per heavy atom. The summed E-state index contributed by atoms with van der Waals surface area (Å²) in [5.74, 6) is 0.124. The Morgan fingerprint density at radius 1 is 1.15 bits per heavy atom. The fourth-order valence-electron chi connectivity index (χ4n) is 2.79. The first kappa shape index (κ1) is 20.2. The van der Waals surface area contributed by atoms with Crippen molar-refractivity contribution in [3.05, 3.63) is 23.8 Å². The molecule has 0 spiro atoms. The van der Waals surface area contributed by atoms with Crippen LogP contribution in [-0.2, 0) is 19.6 Å². The second-order valence-corrected chi connectivity index (χ2v) is 7.92. The van der Waals surface area contributed by atoms with Crippen LogP contribution < -0.4 is 9.46 Å². The largest absolute Gasteiger partial charge is 0.495 e. The number of rotatable bonds is 6. The molecule has 26 heavy (non-hydrogen) atoms. The van der Waals surface area contributed by atoms with E-state index >= 15 is 0 Å². The molecule has 9 heteroatoms. The first-order valence-corrected chi connectivity index (χ1v) is 9.90. The van der Waals surface area contributed by atoms with Gasteiger partial charge in [-0.05, 0) is 24.6 Å². The van der Waals surface area contributed by atoms with Crippen LogP contribution in [0.1, 0.15) is 18.9 Å². The molecule has 0 aromatic heterocycles. The van der Waals surface area contributed by atoms with Gasteiger partial charge in [-0.3, -0.25) is 9.59 Å². The summed E-state index contributed by atoms with van der Waals surface area (Å²) < 4.78 is 32.5. The Bertz CT molecular complexity index is 771. The van der Waals surface area contributed by atoms with Crippen LogP contribution in [0.2, 0.25) is 0 Å².